The van der Waals surface area contributed by atoms with Crippen molar-refractivity contribution in [1.29, 1.82) is 0 Å². The maximum Gasteiger partial charge on any atom is 0.0208 e. The van der Waals surface area contributed by atoms with Gasteiger partial charge in [-0.05, 0) is 55.1 Å². The van der Waals surface area contributed by atoms with Gasteiger partial charge in [-0.15, -0.1) is 11.8 Å². The molecule has 0 heterocycles. The summed E-state index contributed by atoms with van der Waals surface area (Å²) in [6.45, 7) is 1.04. The molecule has 0 aromatic heterocycles. The Hall–Kier alpha value is -0.470. The highest BCUT2D eigenvalue weighted by molar-refractivity contribution is 7.98. The Bertz CT molecular complexity index is 373. The summed E-state index contributed by atoms with van der Waals surface area (Å²) in [4.78, 5) is 1.36. The van der Waals surface area contributed by atoms with Crippen LogP contribution in [-0.4, -0.2) is 12.3 Å². The standard InChI is InChI=1S/C15H21NS/c1-17-14-6-3-11(4-7-14)10-16-15-9-12-2-5-13(15)8-12/h3-4,6-7,12-13,15-16H,2,5,8-10H2,1H3. The molecule has 3 atom stereocenters. The monoisotopic (exact) mass is 247 g/mol. The Morgan fingerprint density at radius 2 is 2.00 bits per heavy atom. The van der Waals surface area contributed by atoms with E-state index in [1.807, 2.05) is 11.8 Å². The van der Waals surface area contributed by atoms with Crippen molar-refractivity contribution in [1.82, 2.24) is 5.32 Å². The van der Waals surface area contributed by atoms with Gasteiger partial charge in [-0.1, -0.05) is 18.6 Å². The predicted molar refractivity (Wildman–Crippen MR) is 74.3 cm³/mol. The van der Waals surface area contributed by atoms with Crippen molar-refractivity contribution in [2.75, 3.05) is 6.26 Å². The molecule has 0 aliphatic heterocycles. The molecule has 2 aliphatic rings. The van der Waals surface area contributed by atoms with Gasteiger partial charge in [-0.25, -0.2) is 0 Å². The lowest BCUT2D eigenvalue weighted by Crippen LogP contribution is -2.33. The lowest BCUT2D eigenvalue weighted by Gasteiger charge is -2.23. The van der Waals surface area contributed by atoms with E-state index < -0.39 is 0 Å². The summed E-state index contributed by atoms with van der Waals surface area (Å²) in [5.74, 6) is 2.02. The van der Waals surface area contributed by atoms with Crippen molar-refractivity contribution in [3.8, 4) is 0 Å². The van der Waals surface area contributed by atoms with Gasteiger partial charge in [-0.2, -0.15) is 0 Å². The second kappa shape index (κ2) is 5.03. The van der Waals surface area contributed by atoms with Crippen molar-refractivity contribution in [3.05, 3.63) is 29.8 Å². The SMILES string of the molecule is CSc1ccc(CNC2CC3CCC2C3)cc1. The summed E-state index contributed by atoms with van der Waals surface area (Å²) in [6, 6.07) is 9.76. The van der Waals surface area contributed by atoms with Gasteiger partial charge in [0.25, 0.3) is 0 Å². The number of benzene rings is 1. The maximum atomic E-state index is 3.76. The molecule has 0 spiro atoms. The fraction of sp³-hybridized carbons (Fsp3) is 0.600. The van der Waals surface area contributed by atoms with E-state index in [0.717, 1.165) is 24.4 Å². The minimum atomic E-state index is 0.800. The second-order valence-electron chi connectivity index (χ2n) is 5.51. The molecule has 2 bridgehead atoms. The molecule has 2 aliphatic carbocycles. The van der Waals surface area contributed by atoms with Gasteiger partial charge in [-0.3, -0.25) is 0 Å². The third kappa shape index (κ3) is 2.53. The third-order valence-corrected chi connectivity index (χ3v) is 5.21. The summed E-state index contributed by atoms with van der Waals surface area (Å²) in [5, 5.41) is 3.76. The fourth-order valence-corrected chi connectivity index (χ4v) is 3.90. The lowest BCUT2D eigenvalue weighted by atomic mass is 9.95. The van der Waals surface area contributed by atoms with E-state index >= 15 is 0 Å². The van der Waals surface area contributed by atoms with E-state index in [1.54, 1.807) is 0 Å². The Morgan fingerprint density at radius 3 is 2.59 bits per heavy atom. The first-order valence-corrected chi connectivity index (χ1v) is 7.94. The Balaban J connectivity index is 1.53. The van der Waals surface area contributed by atoms with E-state index in [1.165, 1.54) is 36.1 Å². The zero-order valence-corrected chi connectivity index (χ0v) is 11.3. The molecule has 92 valence electrons. The average molecular weight is 247 g/mol. The van der Waals surface area contributed by atoms with Crippen molar-refractivity contribution in [3.63, 3.8) is 0 Å². The van der Waals surface area contributed by atoms with Crippen LogP contribution in [-0.2, 0) is 6.54 Å². The van der Waals surface area contributed by atoms with E-state index in [4.69, 9.17) is 0 Å². The summed E-state index contributed by atoms with van der Waals surface area (Å²) in [5.41, 5.74) is 1.42. The van der Waals surface area contributed by atoms with Crippen LogP contribution in [0.3, 0.4) is 0 Å². The Morgan fingerprint density at radius 1 is 1.18 bits per heavy atom. The van der Waals surface area contributed by atoms with Gasteiger partial charge in [0.1, 0.15) is 0 Å². The zero-order chi connectivity index (χ0) is 11.7. The number of rotatable bonds is 4. The molecule has 0 radical (unpaired) electrons. The summed E-state index contributed by atoms with van der Waals surface area (Å²) in [6.07, 6.45) is 8.00. The van der Waals surface area contributed by atoms with Crippen molar-refractivity contribution >= 4 is 11.8 Å². The molecule has 2 saturated carbocycles. The van der Waals surface area contributed by atoms with Crippen LogP contribution < -0.4 is 5.32 Å². The molecule has 1 aromatic rings. The fourth-order valence-electron chi connectivity index (χ4n) is 3.49. The number of fused-ring (bicyclic) bond motifs is 2. The largest absolute Gasteiger partial charge is 0.310 e. The van der Waals surface area contributed by atoms with E-state index in [0.29, 0.717) is 0 Å². The van der Waals surface area contributed by atoms with Gasteiger partial charge in [0.2, 0.25) is 0 Å². The van der Waals surface area contributed by atoms with Crippen molar-refractivity contribution < 1.29 is 0 Å². The van der Waals surface area contributed by atoms with Gasteiger partial charge in [0, 0.05) is 17.5 Å². The molecule has 3 rings (SSSR count). The molecule has 17 heavy (non-hydrogen) atoms. The van der Waals surface area contributed by atoms with Gasteiger partial charge in [0.15, 0.2) is 0 Å². The summed E-state index contributed by atoms with van der Waals surface area (Å²) < 4.78 is 0. The third-order valence-electron chi connectivity index (χ3n) is 4.47. The molecule has 3 unspecified atom stereocenters. The Labute approximate surface area is 108 Å². The van der Waals surface area contributed by atoms with Gasteiger partial charge < -0.3 is 5.32 Å². The smallest absolute Gasteiger partial charge is 0.0208 e. The molecule has 1 N–H and O–H groups in total. The number of thioether (sulfide) groups is 1. The van der Waals surface area contributed by atoms with Crippen LogP contribution in [0.5, 0.6) is 0 Å². The minimum absolute atomic E-state index is 0.800. The summed E-state index contributed by atoms with van der Waals surface area (Å²) >= 11 is 1.81. The highest BCUT2D eigenvalue weighted by Gasteiger charge is 2.38. The molecule has 1 nitrogen and oxygen atoms in total. The molecule has 2 heteroatoms. The first-order valence-electron chi connectivity index (χ1n) is 6.71. The second-order valence-corrected chi connectivity index (χ2v) is 6.39. The predicted octanol–water partition coefficient (Wildman–Crippen LogP) is 3.69. The van der Waals surface area contributed by atoms with Gasteiger partial charge in [0.05, 0.1) is 0 Å². The molecule has 0 amide bonds. The summed E-state index contributed by atoms with van der Waals surface area (Å²) in [7, 11) is 0. The number of nitrogens with one attached hydrogen (secondary N) is 1. The molecular formula is C15H21NS. The topological polar surface area (TPSA) is 12.0 Å². The van der Waals surface area contributed by atoms with Crippen molar-refractivity contribution in [2.45, 2.75) is 43.2 Å². The molecule has 0 saturated heterocycles. The maximum absolute atomic E-state index is 3.76. The normalized spacial score (nSPS) is 31.0. The lowest BCUT2D eigenvalue weighted by molar-refractivity contribution is 0.350. The zero-order valence-electron chi connectivity index (χ0n) is 10.5. The first-order chi connectivity index (χ1) is 8.35. The van der Waals surface area contributed by atoms with Crippen LogP contribution in [0, 0.1) is 11.8 Å². The number of hydrogen-bond donors (Lipinski definition) is 1. The van der Waals surface area contributed by atoms with Gasteiger partial charge >= 0.3 is 0 Å². The highest BCUT2D eigenvalue weighted by atomic mass is 32.2. The van der Waals surface area contributed by atoms with E-state index in [2.05, 4.69) is 35.8 Å². The van der Waals surface area contributed by atoms with Crippen LogP contribution in [0.2, 0.25) is 0 Å². The minimum Gasteiger partial charge on any atom is -0.310 e. The van der Waals surface area contributed by atoms with Crippen LogP contribution in [0.15, 0.2) is 29.2 Å². The molecule has 2 fully saturated rings. The number of hydrogen-bond acceptors (Lipinski definition) is 2. The van der Waals surface area contributed by atoms with Crippen LogP contribution >= 0.6 is 11.8 Å². The molecule has 1 aromatic carbocycles. The molecular weight excluding hydrogens is 226 g/mol. The van der Waals surface area contributed by atoms with Crippen LogP contribution in [0.25, 0.3) is 0 Å². The van der Waals surface area contributed by atoms with E-state index in [9.17, 15) is 0 Å². The highest BCUT2D eigenvalue weighted by Crippen LogP contribution is 2.44. The Kier molecular flexibility index (Phi) is 3.44. The van der Waals surface area contributed by atoms with Crippen molar-refractivity contribution in [2.24, 2.45) is 11.8 Å². The average Bonchev–Trinajstić information content (AvgIpc) is 2.99. The van der Waals surface area contributed by atoms with Crippen LogP contribution in [0.4, 0.5) is 0 Å². The van der Waals surface area contributed by atoms with Crippen LogP contribution in [0.1, 0.15) is 31.2 Å². The first kappa shape index (κ1) is 11.6. The van der Waals surface area contributed by atoms with E-state index in [-0.39, 0.29) is 0 Å². The quantitative estimate of drug-likeness (QED) is 0.814.